The summed E-state index contributed by atoms with van der Waals surface area (Å²) in [6, 6.07) is 0. The smallest absolute Gasteiger partial charge is 0.332 e. The standard InChI is InChI=1S/C11H12N4O4/c1-4-5(10(17)18)7-12-6-8(13-7)14(2)11(19)15(3)9(6)16/h4-5H,1H2,2-3H3,(H,12,13)(H,17,18). The van der Waals surface area contributed by atoms with Crippen LogP contribution in [0.3, 0.4) is 0 Å². The van der Waals surface area contributed by atoms with Gasteiger partial charge in [-0.1, -0.05) is 6.08 Å². The van der Waals surface area contributed by atoms with Gasteiger partial charge in [-0.25, -0.2) is 9.78 Å². The topological polar surface area (TPSA) is 110 Å². The SMILES string of the molecule is C=CC(C(=O)O)c1nc2c([nH]1)c(=O)n(C)c(=O)n2C. The molecule has 8 nitrogen and oxygen atoms in total. The summed E-state index contributed by atoms with van der Waals surface area (Å²) in [6.07, 6.45) is 1.20. The van der Waals surface area contributed by atoms with Crippen LogP contribution in [-0.4, -0.2) is 30.2 Å². The Morgan fingerprint density at radius 2 is 2.05 bits per heavy atom. The summed E-state index contributed by atoms with van der Waals surface area (Å²) in [5.41, 5.74) is -0.866. The van der Waals surface area contributed by atoms with E-state index in [-0.39, 0.29) is 17.0 Å². The van der Waals surface area contributed by atoms with Gasteiger partial charge < -0.3 is 10.1 Å². The number of carbonyl (C=O) groups is 1. The molecule has 100 valence electrons. The lowest BCUT2D eigenvalue weighted by Crippen LogP contribution is -2.36. The predicted molar refractivity (Wildman–Crippen MR) is 67.1 cm³/mol. The number of hydrogen-bond donors (Lipinski definition) is 2. The number of aromatic amines is 1. The molecule has 2 aromatic heterocycles. The summed E-state index contributed by atoms with van der Waals surface area (Å²) < 4.78 is 2.10. The van der Waals surface area contributed by atoms with E-state index >= 15 is 0 Å². The van der Waals surface area contributed by atoms with E-state index in [4.69, 9.17) is 5.11 Å². The van der Waals surface area contributed by atoms with E-state index < -0.39 is 23.1 Å². The third-order valence-corrected chi connectivity index (χ3v) is 2.91. The Hall–Kier alpha value is -2.64. The van der Waals surface area contributed by atoms with Crippen molar-refractivity contribution < 1.29 is 9.90 Å². The molecule has 0 aliphatic rings. The molecule has 0 spiro atoms. The first-order valence-corrected chi connectivity index (χ1v) is 5.39. The van der Waals surface area contributed by atoms with Crippen LogP contribution in [0.1, 0.15) is 11.7 Å². The second-order valence-electron chi connectivity index (χ2n) is 4.08. The highest BCUT2D eigenvalue weighted by molar-refractivity contribution is 5.79. The number of rotatable bonds is 3. The van der Waals surface area contributed by atoms with Gasteiger partial charge in [0.15, 0.2) is 5.65 Å². The van der Waals surface area contributed by atoms with Crippen LogP contribution in [0.2, 0.25) is 0 Å². The first kappa shape index (κ1) is 12.8. The van der Waals surface area contributed by atoms with Gasteiger partial charge in [-0.05, 0) is 0 Å². The lowest BCUT2D eigenvalue weighted by molar-refractivity contribution is -0.137. The van der Waals surface area contributed by atoms with Crippen molar-refractivity contribution in [2.24, 2.45) is 14.1 Å². The summed E-state index contributed by atoms with van der Waals surface area (Å²) in [5.74, 6) is -2.14. The summed E-state index contributed by atoms with van der Waals surface area (Å²) in [4.78, 5) is 41.3. The van der Waals surface area contributed by atoms with Gasteiger partial charge in [0, 0.05) is 14.1 Å². The van der Waals surface area contributed by atoms with Crippen molar-refractivity contribution >= 4 is 17.1 Å². The lowest BCUT2D eigenvalue weighted by atomic mass is 10.1. The number of hydrogen-bond acceptors (Lipinski definition) is 4. The molecule has 8 heteroatoms. The van der Waals surface area contributed by atoms with Gasteiger partial charge >= 0.3 is 11.7 Å². The van der Waals surface area contributed by atoms with Gasteiger partial charge in [-0.2, -0.15) is 0 Å². The Balaban J connectivity index is 2.85. The van der Waals surface area contributed by atoms with E-state index in [1.807, 2.05) is 0 Å². The highest BCUT2D eigenvalue weighted by Crippen LogP contribution is 2.16. The number of fused-ring (bicyclic) bond motifs is 1. The van der Waals surface area contributed by atoms with Crippen molar-refractivity contribution in [1.29, 1.82) is 0 Å². The fourth-order valence-electron chi connectivity index (χ4n) is 1.82. The number of carboxylic acid groups (broad SMARTS) is 1. The molecule has 0 fully saturated rings. The van der Waals surface area contributed by atoms with Crippen LogP contribution in [0.25, 0.3) is 11.2 Å². The van der Waals surface area contributed by atoms with Gasteiger partial charge in [0.2, 0.25) is 0 Å². The molecule has 0 bridgehead atoms. The minimum Gasteiger partial charge on any atom is -0.480 e. The van der Waals surface area contributed by atoms with Crippen molar-refractivity contribution in [3.8, 4) is 0 Å². The maximum Gasteiger partial charge on any atom is 0.332 e. The van der Waals surface area contributed by atoms with Crippen molar-refractivity contribution in [2.75, 3.05) is 0 Å². The first-order chi connectivity index (χ1) is 8.88. The van der Waals surface area contributed by atoms with E-state index in [2.05, 4.69) is 16.5 Å². The Morgan fingerprint density at radius 1 is 1.42 bits per heavy atom. The normalized spacial score (nSPS) is 12.5. The zero-order valence-corrected chi connectivity index (χ0v) is 10.4. The maximum atomic E-state index is 11.9. The fourth-order valence-corrected chi connectivity index (χ4v) is 1.82. The molecule has 19 heavy (non-hydrogen) atoms. The largest absolute Gasteiger partial charge is 0.480 e. The molecular formula is C11H12N4O4. The Labute approximate surface area is 106 Å². The lowest BCUT2D eigenvalue weighted by Gasteiger charge is -2.01. The van der Waals surface area contributed by atoms with Gasteiger partial charge in [0.25, 0.3) is 5.56 Å². The quantitative estimate of drug-likeness (QED) is 0.713. The van der Waals surface area contributed by atoms with Crippen molar-refractivity contribution in [3.05, 3.63) is 39.3 Å². The van der Waals surface area contributed by atoms with E-state index in [1.165, 1.54) is 24.7 Å². The van der Waals surface area contributed by atoms with Gasteiger partial charge in [0.1, 0.15) is 17.3 Å². The number of aromatic nitrogens is 4. The average Bonchev–Trinajstić information content (AvgIpc) is 2.79. The summed E-state index contributed by atoms with van der Waals surface area (Å²) in [7, 11) is 2.80. The number of nitrogens with one attached hydrogen (secondary N) is 1. The van der Waals surface area contributed by atoms with Crippen LogP contribution >= 0.6 is 0 Å². The van der Waals surface area contributed by atoms with Crippen molar-refractivity contribution in [3.63, 3.8) is 0 Å². The minimum absolute atomic E-state index is 0.0656. The molecule has 0 aliphatic heterocycles. The van der Waals surface area contributed by atoms with Gasteiger partial charge in [-0.3, -0.25) is 18.7 Å². The number of aryl methyl sites for hydroxylation is 1. The molecule has 2 N–H and O–H groups in total. The molecule has 0 aromatic carbocycles. The molecule has 0 radical (unpaired) electrons. The van der Waals surface area contributed by atoms with Gasteiger partial charge in [0.05, 0.1) is 0 Å². The van der Waals surface area contributed by atoms with Crippen LogP contribution in [-0.2, 0) is 18.9 Å². The summed E-state index contributed by atoms with van der Waals surface area (Å²) in [5, 5.41) is 9.02. The van der Waals surface area contributed by atoms with E-state index in [9.17, 15) is 14.4 Å². The fraction of sp³-hybridized carbons (Fsp3) is 0.273. The second kappa shape index (κ2) is 4.23. The molecule has 2 aromatic rings. The molecule has 2 rings (SSSR count). The molecule has 1 unspecified atom stereocenters. The third kappa shape index (κ3) is 1.77. The zero-order chi connectivity index (χ0) is 14.3. The molecule has 1 atom stereocenters. The molecular weight excluding hydrogens is 252 g/mol. The van der Waals surface area contributed by atoms with Crippen LogP contribution in [0.5, 0.6) is 0 Å². The predicted octanol–water partition coefficient (Wildman–Crippen LogP) is -0.685. The molecule has 0 aliphatic carbocycles. The van der Waals surface area contributed by atoms with Crippen LogP contribution in [0.15, 0.2) is 22.2 Å². The minimum atomic E-state index is -1.14. The highest BCUT2D eigenvalue weighted by Gasteiger charge is 2.22. The van der Waals surface area contributed by atoms with Crippen LogP contribution in [0.4, 0.5) is 0 Å². The van der Waals surface area contributed by atoms with Crippen LogP contribution in [0, 0.1) is 0 Å². The van der Waals surface area contributed by atoms with E-state index in [1.54, 1.807) is 0 Å². The van der Waals surface area contributed by atoms with Crippen molar-refractivity contribution in [2.45, 2.75) is 5.92 Å². The Morgan fingerprint density at radius 3 is 2.58 bits per heavy atom. The van der Waals surface area contributed by atoms with E-state index in [0.717, 1.165) is 4.57 Å². The monoisotopic (exact) mass is 264 g/mol. The second-order valence-corrected chi connectivity index (χ2v) is 4.08. The average molecular weight is 264 g/mol. The molecule has 0 amide bonds. The summed E-state index contributed by atoms with van der Waals surface area (Å²) in [6.45, 7) is 3.42. The molecule has 0 saturated carbocycles. The Kier molecular flexibility index (Phi) is 2.85. The third-order valence-electron chi connectivity index (χ3n) is 2.91. The molecule has 0 saturated heterocycles. The maximum absolute atomic E-state index is 11.9. The number of H-pyrrole nitrogens is 1. The number of carboxylic acids is 1. The Bertz CT molecular complexity index is 795. The summed E-state index contributed by atoms with van der Waals surface area (Å²) >= 11 is 0. The van der Waals surface area contributed by atoms with Gasteiger partial charge in [-0.15, -0.1) is 6.58 Å². The number of imidazole rings is 1. The van der Waals surface area contributed by atoms with Crippen LogP contribution < -0.4 is 11.2 Å². The number of aliphatic carboxylic acids is 1. The zero-order valence-electron chi connectivity index (χ0n) is 10.4. The highest BCUT2D eigenvalue weighted by atomic mass is 16.4. The molecule has 2 heterocycles. The van der Waals surface area contributed by atoms with E-state index in [0.29, 0.717) is 0 Å². The van der Waals surface area contributed by atoms with Crippen molar-refractivity contribution in [1.82, 2.24) is 19.1 Å². The number of nitrogens with zero attached hydrogens (tertiary/aromatic N) is 3. The first-order valence-electron chi connectivity index (χ1n) is 5.39.